The summed E-state index contributed by atoms with van der Waals surface area (Å²) in [6.45, 7) is 3.91. The summed E-state index contributed by atoms with van der Waals surface area (Å²) < 4.78 is 10.7. The molecule has 0 spiro atoms. The quantitative estimate of drug-likeness (QED) is 0.760. The van der Waals surface area contributed by atoms with Crippen molar-refractivity contribution < 1.29 is 14.3 Å². The standard InChI is InChI=1S/C19H15ClN2O3/c1-11-15(20)4-3-5-16(11)22-19(23)14(12(2)21-22)8-13-6-7-17-18(9-13)25-10-24-17/h3-9H,10H2,1-2H3/b14-8+. The first-order chi connectivity index (χ1) is 12.0. The maximum atomic E-state index is 12.9. The molecule has 2 heterocycles. The molecule has 0 unspecified atom stereocenters. The molecule has 126 valence electrons. The SMILES string of the molecule is CC1=NN(c2cccc(Cl)c2C)C(=O)/C1=C/c1ccc2c(c1)OCO2. The van der Waals surface area contributed by atoms with E-state index >= 15 is 0 Å². The van der Waals surface area contributed by atoms with Crippen LogP contribution in [0.15, 0.2) is 47.1 Å². The molecule has 2 aromatic carbocycles. The average Bonchev–Trinajstić information content (AvgIpc) is 3.17. The number of carbonyl (C=O) groups is 1. The second kappa shape index (κ2) is 5.93. The molecule has 0 radical (unpaired) electrons. The van der Waals surface area contributed by atoms with Gasteiger partial charge in [0.2, 0.25) is 6.79 Å². The number of hydrogen-bond donors (Lipinski definition) is 0. The largest absolute Gasteiger partial charge is 0.454 e. The van der Waals surface area contributed by atoms with Crippen LogP contribution in [0.5, 0.6) is 11.5 Å². The monoisotopic (exact) mass is 354 g/mol. The van der Waals surface area contributed by atoms with Gasteiger partial charge >= 0.3 is 0 Å². The van der Waals surface area contributed by atoms with E-state index in [2.05, 4.69) is 5.10 Å². The van der Waals surface area contributed by atoms with E-state index in [9.17, 15) is 4.79 Å². The molecule has 4 rings (SSSR count). The number of anilines is 1. The summed E-state index contributed by atoms with van der Waals surface area (Å²) in [6.07, 6.45) is 1.81. The number of fused-ring (bicyclic) bond motifs is 1. The Labute approximate surface area is 150 Å². The van der Waals surface area contributed by atoms with Crippen LogP contribution in [0.1, 0.15) is 18.1 Å². The minimum absolute atomic E-state index is 0.180. The first-order valence-corrected chi connectivity index (χ1v) is 8.19. The van der Waals surface area contributed by atoms with Crippen LogP contribution in [0.3, 0.4) is 0 Å². The Morgan fingerprint density at radius 3 is 2.80 bits per heavy atom. The molecule has 1 amide bonds. The third kappa shape index (κ3) is 2.66. The molecule has 0 N–H and O–H groups in total. The fraction of sp³-hybridized carbons (Fsp3) is 0.158. The van der Waals surface area contributed by atoms with Crippen LogP contribution in [0.4, 0.5) is 5.69 Å². The van der Waals surface area contributed by atoms with Crippen LogP contribution in [0.25, 0.3) is 6.08 Å². The Kier molecular flexibility index (Phi) is 3.73. The van der Waals surface area contributed by atoms with Crippen molar-refractivity contribution in [2.45, 2.75) is 13.8 Å². The predicted octanol–water partition coefficient (Wildman–Crippen LogP) is 4.18. The Morgan fingerprint density at radius 2 is 1.96 bits per heavy atom. The van der Waals surface area contributed by atoms with Crippen LogP contribution >= 0.6 is 11.6 Å². The number of ether oxygens (including phenoxy) is 2. The van der Waals surface area contributed by atoms with Crippen LogP contribution in [-0.4, -0.2) is 18.4 Å². The molecule has 5 nitrogen and oxygen atoms in total. The van der Waals surface area contributed by atoms with Gasteiger partial charge < -0.3 is 9.47 Å². The molecule has 0 aliphatic carbocycles. The molecule has 0 saturated heterocycles. The first-order valence-electron chi connectivity index (χ1n) is 7.81. The lowest BCUT2D eigenvalue weighted by atomic mass is 10.1. The summed E-state index contributed by atoms with van der Waals surface area (Å²) in [7, 11) is 0. The highest BCUT2D eigenvalue weighted by atomic mass is 35.5. The lowest BCUT2D eigenvalue weighted by molar-refractivity contribution is -0.114. The van der Waals surface area contributed by atoms with Crippen LogP contribution in [-0.2, 0) is 4.79 Å². The van der Waals surface area contributed by atoms with E-state index in [0.717, 1.165) is 11.1 Å². The van der Waals surface area contributed by atoms with Gasteiger partial charge in [-0.25, -0.2) is 0 Å². The highest BCUT2D eigenvalue weighted by Crippen LogP contribution is 2.34. The molecular formula is C19H15ClN2O3. The summed E-state index contributed by atoms with van der Waals surface area (Å²) in [6, 6.07) is 11.0. The highest BCUT2D eigenvalue weighted by Gasteiger charge is 2.30. The lowest BCUT2D eigenvalue weighted by Gasteiger charge is -2.15. The van der Waals surface area contributed by atoms with E-state index in [-0.39, 0.29) is 12.7 Å². The summed E-state index contributed by atoms with van der Waals surface area (Å²) in [5, 5.41) is 6.41. The van der Waals surface area contributed by atoms with Gasteiger partial charge in [0.15, 0.2) is 11.5 Å². The number of benzene rings is 2. The van der Waals surface area contributed by atoms with Gasteiger partial charge in [-0.05, 0) is 55.3 Å². The minimum Gasteiger partial charge on any atom is -0.454 e. The number of amides is 1. The minimum atomic E-state index is -0.180. The maximum Gasteiger partial charge on any atom is 0.280 e. The van der Waals surface area contributed by atoms with Crippen molar-refractivity contribution in [3.63, 3.8) is 0 Å². The Hall–Kier alpha value is -2.79. The van der Waals surface area contributed by atoms with E-state index < -0.39 is 0 Å². The zero-order valence-electron chi connectivity index (χ0n) is 13.7. The summed E-state index contributed by atoms with van der Waals surface area (Å²) in [5.74, 6) is 1.21. The predicted molar refractivity (Wildman–Crippen MR) is 97.3 cm³/mol. The number of carbonyl (C=O) groups excluding carboxylic acids is 1. The van der Waals surface area contributed by atoms with Crippen LogP contribution < -0.4 is 14.5 Å². The number of halogens is 1. The molecule has 0 aromatic heterocycles. The van der Waals surface area contributed by atoms with E-state index in [1.807, 2.05) is 50.3 Å². The normalized spacial score (nSPS) is 17.4. The molecule has 2 aliphatic heterocycles. The van der Waals surface area contributed by atoms with Crippen LogP contribution in [0, 0.1) is 6.92 Å². The lowest BCUT2D eigenvalue weighted by Crippen LogP contribution is -2.22. The van der Waals surface area contributed by atoms with Crippen LogP contribution in [0.2, 0.25) is 5.02 Å². The van der Waals surface area contributed by atoms with Gasteiger partial charge in [0.1, 0.15) is 0 Å². The van der Waals surface area contributed by atoms with Crippen molar-refractivity contribution in [2.75, 3.05) is 11.8 Å². The second-order valence-electron chi connectivity index (χ2n) is 5.86. The number of hydrazone groups is 1. The number of nitrogens with zero attached hydrogens (tertiary/aromatic N) is 2. The second-order valence-corrected chi connectivity index (χ2v) is 6.26. The van der Waals surface area contributed by atoms with Crippen molar-refractivity contribution >= 4 is 35.0 Å². The molecule has 0 saturated carbocycles. The van der Waals surface area contributed by atoms with E-state index in [4.69, 9.17) is 21.1 Å². The average molecular weight is 355 g/mol. The molecule has 0 fully saturated rings. The van der Waals surface area contributed by atoms with Crippen molar-refractivity contribution in [3.8, 4) is 11.5 Å². The first kappa shape index (κ1) is 15.7. The molecule has 2 aromatic rings. The Bertz CT molecular complexity index is 950. The maximum absolute atomic E-state index is 12.9. The molecule has 6 heteroatoms. The molecule has 2 aliphatic rings. The van der Waals surface area contributed by atoms with Crippen molar-refractivity contribution in [2.24, 2.45) is 5.10 Å². The number of hydrogen-bond acceptors (Lipinski definition) is 4. The summed E-state index contributed by atoms with van der Waals surface area (Å²) >= 11 is 6.17. The van der Waals surface area contributed by atoms with Gasteiger partial charge in [-0.15, -0.1) is 0 Å². The van der Waals surface area contributed by atoms with E-state index in [1.165, 1.54) is 5.01 Å². The van der Waals surface area contributed by atoms with Gasteiger partial charge in [0.25, 0.3) is 5.91 Å². The van der Waals surface area contributed by atoms with Crippen molar-refractivity contribution in [1.29, 1.82) is 0 Å². The summed E-state index contributed by atoms with van der Waals surface area (Å²) in [5.41, 5.74) is 3.55. The molecule has 25 heavy (non-hydrogen) atoms. The summed E-state index contributed by atoms with van der Waals surface area (Å²) in [4.78, 5) is 12.9. The van der Waals surface area contributed by atoms with Gasteiger partial charge in [0, 0.05) is 5.02 Å². The zero-order chi connectivity index (χ0) is 17.6. The van der Waals surface area contributed by atoms with E-state index in [1.54, 1.807) is 6.07 Å². The smallest absolute Gasteiger partial charge is 0.280 e. The van der Waals surface area contributed by atoms with Gasteiger partial charge in [-0.3, -0.25) is 4.79 Å². The zero-order valence-corrected chi connectivity index (χ0v) is 14.5. The van der Waals surface area contributed by atoms with Crippen molar-refractivity contribution in [3.05, 3.63) is 58.1 Å². The Morgan fingerprint density at radius 1 is 1.16 bits per heavy atom. The molecule has 0 atom stereocenters. The van der Waals surface area contributed by atoms with Crippen molar-refractivity contribution in [1.82, 2.24) is 0 Å². The van der Waals surface area contributed by atoms with E-state index in [0.29, 0.717) is 33.5 Å². The highest BCUT2D eigenvalue weighted by molar-refractivity contribution is 6.34. The number of rotatable bonds is 2. The van der Waals surface area contributed by atoms with Gasteiger partial charge in [-0.1, -0.05) is 23.7 Å². The molecule has 0 bridgehead atoms. The third-order valence-corrected chi connectivity index (χ3v) is 4.65. The van der Waals surface area contributed by atoms with Gasteiger partial charge in [0.05, 0.1) is 17.0 Å². The Balaban J connectivity index is 1.70. The fourth-order valence-electron chi connectivity index (χ4n) is 2.84. The fourth-order valence-corrected chi connectivity index (χ4v) is 3.01. The van der Waals surface area contributed by atoms with Gasteiger partial charge in [-0.2, -0.15) is 10.1 Å². The molecular weight excluding hydrogens is 340 g/mol. The third-order valence-electron chi connectivity index (χ3n) is 4.24. The topological polar surface area (TPSA) is 51.1 Å².